The van der Waals surface area contributed by atoms with E-state index in [1.165, 1.54) is 26.4 Å². The largest absolute Gasteiger partial charge is 0.465 e. The molecule has 0 unspecified atom stereocenters. The topological polar surface area (TPSA) is 75.3 Å². The average molecular weight is 381 g/mol. The van der Waals surface area contributed by atoms with Gasteiger partial charge in [-0.05, 0) is 37.0 Å². The van der Waals surface area contributed by atoms with Crippen LogP contribution in [-0.2, 0) is 24.2 Å². The van der Waals surface area contributed by atoms with Gasteiger partial charge in [-0.25, -0.2) is 9.78 Å². The number of methoxy groups -OCH3 is 1. The number of esters is 1. The average Bonchev–Trinajstić information content (AvgIpc) is 2.73. The summed E-state index contributed by atoms with van der Waals surface area (Å²) >= 11 is 0. The summed E-state index contributed by atoms with van der Waals surface area (Å²) in [6.07, 6.45) is 6.66. The Kier molecular flexibility index (Phi) is 5.57. The van der Waals surface area contributed by atoms with Gasteiger partial charge in [0.05, 0.1) is 18.4 Å². The van der Waals surface area contributed by atoms with Gasteiger partial charge in [0.25, 0.3) is 5.56 Å². The Hall–Kier alpha value is -2.47. The SMILES string of the molecule is COC(=O)c1cccc(CN2CCc3c(nc(C4CCCCC4)[nH]c3=O)C2)c1. The molecule has 1 aromatic carbocycles. The number of ether oxygens (including phenoxy) is 1. The fraction of sp³-hybridized carbons (Fsp3) is 0.500. The van der Waals surface area contributed by atoms with E-state index < -0.39 is 0 Å². The highest BCUT2D eigenvalue weighted by atomic mass is 16.5. The number of H-pyrrole nitrogens is 1. The molecule has 6 nitrogen and oxygen atoms in total. The molecule has 0 bridgehead atoms. The van der Waals surface area contributed by atoms with Gasteiger partial charge < -0.3 is 9.72 Å². The van der Waals surface area contributed by atoms with Crippen LogP contribution < -0.4 is 5.56 Å². The summed E-state index contributed by atoms with van der Waals surface area (Å²) in [5.41, 5.74) is 3.41. The van der Waals surface area contributed by atoms with Crippen molar-refractivity contribution in [2.75, 3.05) is 13.7 Å². The summed E-state index contributed by atoms with van der Waals surface area (Å²) in [4.78, 5) is 34.6. The van der Waals surface area contributed by atoms with Crippen molar-refractivity contribution in [3.63, 3.8) is 0 Å². The Balaban J connectivity index is 1.52. The van der Waals surface area contributed by atoms with Gasteiger partial charge in [-0.15, -0.1) is 0 Å². The summed E-state index contributed by atoms with van der Waals surface area (Å²) in [5.74, 6) is 0.938. The molecule has 2 aliphatic rings. The lowest BCUT2D eigenvalue weighted by molar-refractivity contribution is 0.0600. The summed E-state index contributed by atoms with van der Waals surface area (Å²) in [6.45, 7) is 2.20. The third-order valence-electron chi connectivity index (χ3n) is 5.92. The maximum atomic E-state index is 12.6. The van der Waals surface area contributed by atoms with Crippen molar-refractivity contribution in [3.8, 4) is 0 Å². The van der Waals surface area contributed by atoms with E-state index in [1.54, 1.807) is 6.07 Å². The van der Waals surface area contributed by atoms with Gasteiger partial charge in [0.1, 0.15) is 5.82 Å². The lowest BCUT2D eigenvalue weighted by Crippen LogP contribution is -2.35. The summed E-state index contributed by atoms with van der Waals surface area (Å²) in [7, 11) is 1.39. The van der Waals surface area contributed by atoms with E-state index in [-0.39, 0.29) is 11.5 Å². The van der Waals surface area contributed by atoms with Crippen LogP contribution in [0.5, 0.6) is 0 Å². The van der Waals surface area contributed by atoms with Crippen LogP contribution in [0.25, 0.3) is 0 Å². The monoisotopic (exact) mass is 381 g/mol. The molecule has 0 spiro atoms. The van der Waals surface area contributed by atoms with Crippen molar-refractivity contribution in [1.29, 1.82) is 0 Å². The maximum Gasteiger partial charge on any atom is 0.337 e. The van der Waals surface area contributed by atoms with Crippen molar-refractivity contribution < 1.29 is 9.53 Å². The number of aromatic nitrogens is 2. The standard InChI is InChI=1S/C22H27N3O3/c1-28-22(27)17-9-5-6-15(12-17)13-25-11-10-18-19(14-25)23-20(24-21(18)26)16-7-3-2-4-8-16/h5-6,9,12,16H,2-4,7-8,10-11,13-14H2,1H3,(H,23,24,26). The lowest BCUT2D eigenvalue weighted by Gasteiger charge is -2.29. The Morgan fingerprint density at radius 2 is 2.11 bits per heavy atom. The van der Waals surface area contributed by atoms with E-state index in [0.717, 1.165) is 48.6 Å². The number of aromatic amines is 1. The quantitative estimate of drug-likeness (QED) is 0.824. The van der Waals surface area contributed by atoms with Crippen LogP contribution in [0.1, 0.15) is 71.0 Å². The molecular weight excluding hydrogens is 354 g/mol. The molecular formula is C22H27N3O3. The lowest BCUT2D eigenvalue weighted by atomic mass is 9.88. The molecule has 2 heterocycles. The molecule has 0 atom stereocenters. The predicted molar refractivity (Wildman–Crippen MR) is 106 cm³/mol. The highest BCUT2D eigenvalue weighted by Crippen LogP contribution is 2.30. The molecule has 2 aromatic rings. The zero-order chi connectivity index (χ0) is 19.5. The highest BCUT2D eigenvalue weighted by molar-refractivity contribution is 5.89. The van der Waals surface area contributed by atoms with E-state index in [4.69, 9.17) is 9.72 Å². The molecule has 1 N–H and O–H groups in total. The number of benzene rings is 1. The van der Waals surface area contributed by atoms with E-state index in [9.17, 15) is 9.59 Å². The Morgan fingerprint density at radius 3 is 2.89 bits per heavy atom. The fourth-order valence-electron chi connectivity index (χ4n) is 4.39. The maximum absolute atomic E-state index is 12.6. The number of carbonyl (C=O) groups is 1. The molecule has 1 aliphatic heterocycles. The van der Waals surface area contributed by atoms with Crippen LogP contribution in [0.15, 0.2) is 29.1 Å². The molecule has 0 saturated heterocycles. The van der Waals surface area contributed by atoms with Crippen LogP contribution in [0.2, 0.25) is 0 Å². The van der Waals surface area contributed by atoms with Crippen molar-refractivity contribution in [1.82, 2.24) is 14.9 Å². The number of rotatable bonds is 4. The molecule has 1 saturated carbocycles. The van der Waals surface area contributed by atoms with Crippen molar-refractivity contribution in [2.45, 2.75) is 57.5 Å². The van der Waals surface area contributed by atoms with E-state index in [2.05, 4.69) is 9.88 Å². The Morgan fingerprint density at radius 1 is 1.29 bits per heavy atom. The van der Waals surface area contributed by atoms with E-state index in [1.807, 2.05) is 18.2 Å². The minimum Gasteiger partial charge on any atom is -0.465 e. The third kappa shape index (κ3) is 4.02. The van der Waals surface area contributed by atoms with Gasteiger partial charge in [0.2, 0.25) is 0 Å². The van der Waals surface area contributed by atoms with Gasteiger partial charge in [0.15, 0.2) is 0 Å². The number of nitrogens with zero attached hydrogens (tertiary/aromatic N) is 2. The minimum absolute atomic E-state index is 0.0397. The van der Waals surface area contributed by atoms with Gasteiger partial charge in [-0.1, -0.05) is 31.4 Å². The zero-order valence-corrected chi connectivity index (χ0v) is 16.4. The number of hydrogen-bond acceptors (Lipinski definition) is 5. The molecule has 0 amide bonds. The van der Waals surface area contributed by atoms with Gasteiger partial charge in [-0.3, -0.25) is 9.69 Å². The van der Waals surface area contributed by atoms with Crippen LogP contribution in [-0.4, -0.2) is 34.5 Å². The molecule has 4 rings (SSSR count). The molecule has 28 heavy (non-hydrogen) atoms. The van der Waals surface area contributed by atoms with Crippen LogP contribution in [0.3, 0.4) is 0 Å². The molecule has 0 radical (unpaired) electrons. The second-order valence-electron chi connectivity index (χ2n) is 7.86. The minimum atomic E-state index is -0.323. The third-order valence-corrected chi connectivity index (χ3v) is 5.92. The number of nitrogens with one attached hydrogen (secondary N) is 1. The number of fused-ring (bicyclic) bond motifs is 1. The second-order valence-corrected chi connectivity index (χ2v) is 7.86. The van der Waals surface area contributed by atoms with Crippen LogP contribution in [0.4, 0.5) is 0 Å². The molecule has 1 fully saturated rings. The van der Waals surface area contributed by atoms with E-state index >= 15 is 0 Å². The Labute approximate surface area is 164 Å². The van der Waals surface area contributed by atoms with Gasteiger partial charge in [-0.2, -0.15) is 0 Å². The van der Waals surface area contributed by atoms with Gasteiger partial charge >= 0.3 is 5.97 Å². The molecule has 1 aliphatic carbocycles. The first kappa shape index (κ1) is 18.9. The molecule has 148 valence electrons. The Bertz CT molecular complexity index is 915. The smallest absolute Gasteiger partial charge is 0.337 e. The van der Waals surface area contributed by atoms with Crippen molar-refractivity contribution in [2.24, 2.45) is 0 Å². The first-order valence-corrected chi connectivity index (χ1v) is 10.2. The predicted octanol–water partition coefficient (Wildman–Crippen LogP) is 3.16. The number of carbonyl (C=O) groups excluding carboxylic acids is 1. The normalized spacial score (nSPS) is 17.9. The zero-order valence-electron chi connectivity index (χ0n) is 16.4. The van der Waals surface area contributed by atoms with Gasteiger partial charge in [0, 0.05) is 31.1 Å². The number of hydrogen-bond donors (Lipinski definition) is 1. The first-order chi connectivity index (χ1) is 13.6. The van der Waals surface area contributed by atoms with Crippen LogP contribution in [0, 0.1) is 0 Å². The summed E-state index contributed by atoms with van der Waals surface area (Å²) in [5, 5.41) is 0. The first-order valence-electron chi connectivity index (χ1n) is 10.2. The van der Waals surface area contributed by atoms with Crippen LogP contribution >= 0.6 is 0 Å². The second kappa shape index (κ2) is 8.27. The van der Waals surface area contributed by atoms with Crippen molar-refractivity contribution >= 4 is 5.97 Å². The summed E-state index contributed by atoms with van der Waals surface area (Å²) in [6, 6.07) is 7.53. The van der Waals surface area contributed by atoms with Crippen molar-refractivity contribution in [3.05, 3.63) is 62.8 Å². The highest BCUT2D eigenvalue weighted by Gasteiger charge is 2.24. The van der Waals surface area contributed by atoms with E-state index in [0.29, 0.717) is 24.4 Å². The molecule has 1 aromatic heterocycles. The fourth-order valence-corrected chi connectivity index (χ4v) is 4.39. The molecule has 6 heteroatoms. The summed E-state index contributed by atoms with van der Waals surface area (Å²) < 4.78 is 4.81.